The molecule has 0 unspecified atom stereocenters. The maximum atomic E-state index is 6.31. The molecule has 5 aromatic rings. The molecule has 0 atom stereocenters. The van der Waals surface area contributed by atoms with Gasteiger partial charge in [0, 0.05) is 29.1 Å². The molecular formula is C26H20ClN3O2. The summed E-state index contributed by atoms with van der Waals surface area (Å²) in [5.41, 5.74) is 9.69. The topological polar surface area (TPSA) is 74.2 Å². The average Bonchev–Trinajstić information content (AvgIpc) is 3.28. The van der Waals surface area contributed by atoms with Crippen molar-refractivity contribution in [2.24, 2.45) is 0 Å². The van der Waals surface area contributed by atoms with E-state index in [1.165, 1.54) is 0 Å². The number of hydrogen-bond acceptors (Lipinski definition) is 5. The molecule has 0 fully saturated rings. The number of nitrogen functional groups attached to an aromatic ring is 1. The molecule has 0 bridgehead atoms. The number of nitrogens with zero attached hydrogens (tertiary/aromatic N) is 2. The molecule has 5 nitrogen and oxygen atoms in total. The van der Waals surface area contributed by atoms with Gasteiger partial charge in [0.2, 0.25) is 0 Å². The number of aromatic nitrogens is 2. The number of halogens is 1. The summed E-state index contributed by atoms with van der Waals surface area (Å²) in [6.07, 6.45) is 2.29. The van der Waals surface area contributed by atoms with Gasteiger partial charge in [-0.25, -0.2) is 4.98 Å². The molecule has 0 saturated heterocycles. The third kappa shape index (κ3) is 4.15. The number of benzene rings is 3. The molecule has 32 heavy (non-hydrogen) atoms. The van der Waals surface area contributed by atoms with Crippen molar-refractivity contribution in [3.05, 3.63) is 107 Å². The van der Waals surface area contributed by atoms with Crippen LogP contribution in [0.5, 0.6) is 5.75 Å². The number of fused-ring (bicyclic) bond motifs is 1. The van der Waals surface area contributed by atoms with Gasteiger partial charge in [0.15, 0.2) is 5.76 Å². The minimum absolute atomic E-state index is 0.421. The zero-order valence-electron chi connectivity index (χ0n) is 17.2. The summed E-state index contributed by atoms with van der Waals surface area (Å²) in [6.45, 7) is 0.468. The van der Waals surface area contributed by atoms with Crippen molar-refractivity contribution < 1.29 is 9.26 Å². The molecule has 0 aliphatic carbocycles. The van der Waals surface area contributed by atoms with E-state index in [1.807, 2.05) is 72.8 Å². The standard InChI is InChI=1S/C26H20ClN3O2/c27-24-12-9-18(21-4-1-2-5-22(21)24)16-31-20-10-7-17(8-11-20)14-19-15-25(32-30-19)23-6-3-13-29-26(23)28/h1-13,15H,14,16H2,(H2,28,29). The van der Waals surface area contributed by atoms with E-state index in [-0.39, 0.29) is 0 Å². The van der Waals surface area contributed by atoms with Gasteiger partial charge in [-0.1, -0.05) is 59.2 Å². The molecule has 5 rings (SSSR count). The Balaban J connectivity index is 1.26. The lowest BCUT2D eigenvalue weighted by Crippen LogP contribution is -1.97. The smallest absolute Gasteiger partial charge is 0.170 e. The average molecular weight is 442 g/mol. The summed E-state index contributed by atoms with van der Waals surface area (Å²) in [7, 11) is 0. The van der Waals surface area contributed by atoms with Crippen LogP contribution >= 0.6 is 11.6 Å². The second-order valence-electron chi connectivity index (χ2n) is 7.48. The van der Waals surface area contributed by atoms with Crippen LogP contribution in [0.4, 0.5) is 5.82 Å². The second-order valence-corrected chi connectivity index (χ2v) is 7.89. The second kappa shape index (κ2) is 8.73. The third-order valence-corrected chi connectivity index (χ3v) is 5.66. The van der Waals surface area contributed by atoms with Crippen LogP contribution in [0.25, 0.3) is 22.1 Å². The van der Waals surface area contributed by atoms with E-state index in [9.17, 15) is 0 Å². The lowest BCUT2D eigenvalue weighted by molar-refractivity contribution is 0.307. The van der Waals surface area contributed by atoms with Gasteiger partial charge in [0.1, 0.15) is 18.2 Å². The van der Waals surface area contributed by atoms with E-state index in [2.05, 4.69) is 16.2 Å². The first kappa shape index (κ1) is 20.1. The van der Waals surface area contributed by atoms with Crippen molar-refractivity contribution in [2.75, 3.05) is 5.73 Å². The van der Waals surface area contributed by atoms with Crippen LogP contribution in [0.15, 0.2) is 89.6 Å². The first-order valence-electron chi connectivity index (χ1n) is 10.2. The first-order valence-corrected chi connectivity index (χ1v) is 10.6. The molecule has 0 aliphatic rings. The van der Waals surface area contributed by atoms with Crippen molar-refractivity contribution in [2.45, 2.75) is 13.0 Å². The van der Waals surface area contributed by atoms with E-state index in [1.54, 1.807) is 6.20 Å². The van der Waals surface area contributed by atoms with Crippen LogP contribution in [0.3, 0.4) is 0 Å². The molecule has 2 N–H and O–H groups in total. The Kier molecular flexibility index (Phi) is 5.48. The maximum absolute atomic E-state index is 6.31. The molecule has 0 aliphatic heterocycles. The minimum atomic E-state index is 0.421. The number of anilines is 1. The van der Waals surface area contributed by atoms with E-state index >= 15 is 0 Å². The van der Waals surface area contributed by atoms with Gasteiger partial charge in [-0.3, -0.25) is 0 Å². The molecule has 6 heteroatoms. The van der Waals surface area contributed by atoms with Crippen LogP contribution < -0.4 is 10.5 Å². The van der Waals surface area contributed by atoms with Gasteiger partial charge in [-0.15, -0.1) is 0 Å². The molecule has 0 saturated carbocycles. The maximum Gasteiger partial charge on any atom is 0.170 e. The molecule has 3 aromatic carbocycles. The Morgan fingerprint density at radius 2 is 1.72 bits per heavy atom. The fourth-order valence-corrected chi connectivity index (χ4v) is 3.90. The molecule has 158 valence electrons. The van der Waals surface area contributed by atoms with Crippen molar-refractivity contribution in [3.8, 4) is 17.1 Å². The molecular weight excluding hydrogens is 422 g/mol. The highest BCUT2D eigenvalue weighted by atomic mass is 35.5. The summed E-state index contributed by atoms with van der Waals surface area (Å²) in [6, 6.07) is 25.6. The fourth-order valence-electron chi connectivity index (χ4n) is 3.67. The summed E-state index contributed by atoms with van der Waals surface area (Å²) >= 11 is 6.31. The third-order valence-electron chi connectivity index (χ3n) is 5.33. The molecule has 0 amide bonds. The Morgan fingerprint density at radius 3 is 2.53 bits per heavy atom. The Labute approximate surface area is 190 Å². The number of pyridine rings is 1. The van der Waals surface area contributed by atoms with Gasteiger partial charge in [-0.2, -0.15) is 0 Å². The highest BCUT2D eigenvalue weighted by molar-refractivity contribution is 6.35. The molecule has 0 radical (unpaired) electrons. The van der Waals surface area contributed by atoms with Crippen molar-refractivity contribution in [3.63, 3.8) is 0 Å². The molecule has 0 spiro atoms. The van der Waals surface area contributed by atoms with Crippen molar-refractivity contribution in [1.29, 1.82) is 0 Å². The lowest BCUT2D eigenvalue weighted by Gasteiger charge is -2.10. The Bertz CT molecular complexity index is 1380. The quantitative estimate of drug-likeness (QED) is 0.335. The van der Waals surface area contributed by atoms with Gasteiger partial charge < -0.3 is 15.0 Å². The van der Waals surface area contributed by atoms with Gasteiger partial charge in [-0.05, 0) is 46.8 Å². The van der Waals surface area contributed by atoms with E-state index in [4.69, 9.17) is 26.6 Å². The highest BCUT2D eigenvalue weighted by Gasteiger charge is 2.11. The van der Waals surface area contributed by atoms with Gasteiger partial charge in [0.25, 0.3) is 0 Å². The minimum Gasteiger partial charge on any atom is -0.489 e. The largest absolute Gasteiger partial charge is 0.489 e. The van der Waals surface area contributed by atoms with Crippen LogP contribution in [0, 0.1) is 0 Å². The molecule has 2 aromatic heterocycles. The summed E-state index contributed by atoms with van der Waals surface area (Å²) in [4.78, 5) is 4.09. The number of rotatable bonds is 6. The summed E-state index contributed by atoms with van der Waals surface area (Å²) in [5.74, 6) is 1.84. The number of ether oxygens (including phenoxy) is 1. The normalized spacial score (nSPS) is 11.0. The zero-order chi connectivity index (χ0) is 21.9. The van der Waals surface area contributed by atoms with Crippen LogP contribution in [0.1, 0.15) is 16.8 Å². The lowest BCUT2D eigenvalue weighted by atomic mass is 10.1. The number of hydrogen-bond donors (Lipinski definition) is 1. The Morgan fingerprint density at radius 1 is 0.906 bits per heavy atom. The van der Waals surface area contributed by atoms with Crippen LogP contribution in [0.2, 0.25) is 5.02 Å². The van der Waals surface area contributed by atoms with E-state index in [0.29, 0.717) is 24.6 Å². The summed E-state index contributed by atoms with van der Waals surface area (Å²) in [5, 5.41) is 7.05. The van der Waals surface area contributed by atoms with E-state index in [0.717, 1.165) is 43.9 Å². The SMILES string of the molecule is Nc1ncccc1-c1cc(Cc2ccc(OCc3ccc(Cl)c4ccccc34)cc2)no1. The van der Waals surface area contributed by atoms with Gasteiger partial charge >= 0.3 is 0 Å². The molecule has 2 heterocycles. The fraction of sp³-hybridized carbons (Fsp3) is 0.0769. The summed E-state index contributed by atoms with van der Waals surface area (Å²) < 4.78 is 11.5. The predicted molar refractivity (Wildman–Crippen MR) is 127 cm³/mol. The number of nitrogens with two attached hydrogens (primary N) is 1. The predicted octanol–water partition coefficient (Wildman–Crippen LogP) is 6.30. The van der Waals surface area contributed by atoms with Crippen LogP contribution in [-0.2, 0) is 13.0 Å². The highest BCUT2D eigenvalue weighted by Crippen LogP contribution is 2.28. The Hall–Kier alpha value is -3.83. The van der Waals surface area contributed by atoms with Crippen LogP contribution in [-0.4, -0.2) is 10.1 Å². The van der Waals surface area contributed by atoms with E-state index < -0.39 is 0 Å². The zero-order valence-corrected chi connectivity index (χ0v) is 17.9. The first-order chi connectivity index (χ1) is 15.7. The monoisotopic (exact) mass is 441 g/mol. The van der Waals surface area contributed by atoms with Crippen molar-refractivity contribution >= 4 is 28.2 Å². The van der Waals surface area contributed by atoms with Gasteiger partial charge in [0.05, 0.1) is 11.3 Å². The van der Waals surface area contributed by atoms with Crippen molar-refractivity contribution in [1.82, 2.24) is 10.1 Å².